The van der Waals surface area contributed by atoms with Crippen LogP contribution in [0, 0.1) is 18.6 Å². The van der Waals surface area contributed by atoms with E-state index in [-0.39, 0.29) is 5.52 Å². The van der Waals surface area contributed by atoms with Crippen molar-refractivity contribution < 1.29 is 18.6 Å². The highest BCUT2D eigenvalue weighted by molar-refractivity contribution is 5.81. The number of benzene rings is 3. The van der Waals surface area contributed by atoms with Crippen LogP contribution in [-0.4, -0.2) is 10.1 Å². The van der Waals surface area contributed by atoms with Crippen LogP contribution in [0.2, 0.25) is 0 Å². The van der Waals surface area contributed by atoms with Gasteiger partial charge in [-0.1, -0.05) is 18.2 Å². The summed E-state index contributed by atoms with van der Waals surface area (Å²) in [4.78, 5) is 4.21. The van der Waals surface area contributed by atoms with Gasteiger partial charge in [-0.3, -0.25) is 0 Å². The molecule has 1 aliphatic carbocycles. The highest BCUT2D eigenvalue weighted by Crippen LogP contribution is 2.41. The maximum Gasteiger partial charge on any atom is 0.184 e. The molecule has 3 nitrogen and oxygen atoms in total. The summed E-state index contributed by atoms with van der Waals surface area (Å²) in [6.07, 6.45) is 0.785. The van der Waals surface area contributed by atoms with Crippen LogP contribution in [-0.2, 0) is 12.0 Å². The topological polar surface area (TPSA) is 42.4 Å². The Hall–Kier alpha value is -3.31. The van der Waals surface area contributed by atoms with Gasteiger partial charge in [0.15, 0.2) is 11.6 Å². The number of hydrogen-bond acceptors (Lipinski definition) is 3. The van der Waals surface area contributed by atoms with Crippen LogP contribution < -0.4 is 4.74 Å². The maximum absolute atomic E-state index is 14.0. The summed E-state index contributed by atoms with van der Waals surface area (Å²) < 4.78 is 33.6. The van der Waals surface area contributed by atoms with Crippen LogP contribution >= 0.6 is 0 Å². The standard InChI is InChI=1S/C26H21F2NO2/c1-14-23(12-16-5-9-22(27)24(28)25(16)29-14)31-19-7-8-20-17(11-19)10-15-4-6-18(13-21(15)20)26(2,3)30/h4-9,11-13,30H,10H2,1-3H3. The van der Waals surface area contributed by atoms with Gasteiger partial charge in [-0.15, -0.1) is 0 Å². The third kappa shape index (κ3) is 3.35. The lowest BCUT2D eigenvalue weighted by Crippen LogP contribution is -2.15. The van der Waals surface area contributed by atoms with Gasteiger partial charge >= 0.3 is 0 Å². The SMILES string of the molecule is Cc1nc2c(F)c(F)ccc2cc1Oc1ccc2c(c1)Cc1ccc(C(C)(C)O)cc1-2. The normalized spacial score (nSPS) is 12.7. The van der Waals surface area contributed by atoms with Crippen LogP contribution in [0.15, 0.2) is 54.6 Å². The number of aryl methyl sites for hydroxylation is 1. The second kappa shape index (κ2) is 6.86. The molecule has 0 aliphatic heterocycles. The first-order chi connectivity index (χ1) is 14.7. The Morgan fingerprint density at radius 1 is 0.935 bits per heavy atom. The molecule has 0 saturated heterocycles. The van der Waals surface area contributed by atoms with Gasteiger partial charge in [0.05, 0.1) is 11.3 Å². The van der Waals surface area contributed by atoms with Crippen LogP contribution in [0.4, 0.5) is 8.78 Å². The first kappa shape index (κ1) is 19.6. The van der Waals surface area contributed by atoms with Crippen molar-refractivity contribution in [2.45, 2.75) is 32.8 Å². The molecule has 5 rings (SSSR count). The minimum absolute atomic E-state index is 0.00290. The number of halogens is 2. The molecular formula is C26H21F2NO2. The van der Waals surface area contributed by atoms with E-state index >= 15 is 0 Å². The molecule has 0 radical (unpaired) electrons. The highest BCUT2D eigenvalue weighted by Gasteiger charge is 2.23. The van der Waals surface area contributed by atoms with Gasteiger partial charge in [-0.25, -0.2) is 13.8 Å². The third-order valence-electron chi connectivity index (χ3n) is 5.81. The molecule has 1 aliphatic rings. The second-order valence-electron chi connectivity index (χ2n) is 8.53. The summed E-state index contributed by atoms with van der Waals surface area (Å²) in [5.74, 6) is -0.716. The van der Waals surface area contributed by atoms with Crippen molar-refractivity contribution in [2.75, 3.05) is 0 Å². The average molecular weight is 417 g/mol. The van der Waals surface area contributed by atoms with Crippen LogP contribution in [0.25, 0.3) is 22.0 Å². The number of pyridine rings is 1. The fourth-order valence-electron chi connectivity index (χ4n) is 4.09. The van der Waals surface area contributed by atoms with E-state index < -0.39 is 17.2 Å². The lowest BCUT2D eigenvalue weighted by atomic mass is 9.94. The molecule has 1 heterocycles. The summed E-state index contributed by atoms with van der Waals surface area (Å²) in [6, 6.07) is 16.2. The minimum atomic E-state index is -0.951. The van der Waals surface area contributed by atoms with Gasteiger partial charge in [0, 0.05) is 5.39 Å². The zero-order valence-electron chi connectivity index (χ0n) is 17.5. The Kier molecular flexibility index (Phi) is 4.34. The molecule has 0 amide bonds. The molecule has 156 valence electrons. The van der Waals surface area contributed by atoms with Crippen molar-refractivity contribution in [1.82, 2.24) is 4.98 Å². The Balaban J connectivity index is 1.49. The zero-order chi connectivity index (χ0) is 21.9. The summed E-state index contributed by atoms with van der Waals surface area (Å²) in [6.45, 7) is 5.27. The van der Waals surface area contributed by atoms with Gasteiger partial charge in [0.1, 0.15) is 17.0 Å². The van der Waals surface area contributed by atoms with E-state index in [4.69, 9.17) is 4.74 Å². The molecule has 0 saturated carbocycles. The average Bonchev–Trinajstić information content (AvgIpc) is 3.08. The zero-order valence-corrected chi connectivity index (χ0v) is 17.5. The predicted molar refractivity (Wildman–Crippen MR) is 116 cm³/mol. The van der Waals surface area contributed by atoms with Gasteiger partial charge < -0.3 is 9.84 Å². The molecule has 0 atom stereocenters. The number of rotatable bonds is 3. The predicted octanol–water partition coefficient (Wildman–Crippen LogP) is 6.41. The number of aromatic nitrogens is 1. The highest BCUT2D eigenvalue weighted by atomic mass is 19.2. The molecule has 1 N–H and O–H groups in total. The number of fused-ring (bicyclic) bond motifs is 4. The van der Waals surface area contributed by atoms with Crippen molar-refractivity contribution in [3.8, 4) is 22.6 Å². The molecule has 0 fully saturated rings. The van der Waals surface area contributed by atoms with Gasteiger partial charge in [0.25, 0.3) is 0 Å². The van der Waals surface area contributed by atoms with Gasteiger partial charge in [0.2, 0.25) is 0 Å². The van der Waals surface area contributed by atoms with E-state index in [1.54, 1.807) is 26.8 Å². The van der Waals surface area contributed by atoms with Crippen molar-refractivity contribution in [3.63, 3.8) is 0 Å². The minimum Gasteiger partial charge on any atom is -0.455 e. The van der Waals surface area contributed by atoms with Crippen LogP contribution in [0.5, 0.6) is 11.5 Å². The Morgan fingerprint density at radius 3 is 2.52 bits per heavy atom. The summed E-state index contributed by atoms with van der Waals surface area (Å²) in [5.41, 5.74) is 5.06. The maximum atomic E-state index is 14.0. The van der Waals surface area contributed by atoms with E-state index in [1.165, 1.54) is 11.6 Å². The largest absolute Gasteiger partial charge is 0.455 e. The van der Waals surface area contributed by atoms with Crippen molar-refractivity contribution >= 4 is 10.9 Å². The first-order valence-corrected chi connectivity index (χ1v) is 10.1. The Morgan fingerprint density at radius 2 is 1.74 bits per heavy atom. The van der Waals surface area contributed by atoms with E-state index in [2.05, 4.69) is 11.1 Å². The second-order valence-corrected chi connectivity index (χ2v) is 8.53. The third-order valence-corrected chi connectivity index (χ3v) is 5.81. The van der Waals surface area contributed by atoms with Crippen LogP contribution in [0.3, 0.4) is 0 Å². The quantitative estimate of drug-likeness (QED) is 0.369. The van der Waals surface area contributed by atoms with E-state index in [9.17, 15) is 13.9 Å². The van der Waals surface area contributed by atoms with E-state index in [0.717, 1.165) is 34.7 Å². The molecule has 31 heavy (non-hydrogen) atoms. The van der Waals surface area contributed by atoms with E-state index in [1.807, 2.05) is 30.3 Å². The number of aliphatic hydroxyl groups is 1. The molecule has 4 aromatic rings. The first-order valence-electron chi connectivity index (χ1n) is 10.1. The lowest BCUT2D eigenvalue weighted by Gasteiger charge is -2.18. The van der Waals surface area contributed by atoms with Crippen molar-refractivity contribution in [1.29, 1.82) is 0 Å². The molecule has 3 aromatic carbocycles. The molecule has 0 bridgehead atoms. The molecule has 1 aromatic heterocycles. The number of hydrogen-bond donors (Lipinski definition) is 1. The summed E-state index contributed by atoms with van der Waals surface area (Å²) in [7, 11) is 0. The Labute approximate surface area is 179 Å². The smallest absolute Gasteiger partial charge is 0.184 e. The van der Waals surface area contributed by atoms with Crippen LogP contribution in [0.1, 0.15) is 36.2 Å². The molecular weight excluding hydrogens is 396 g/mol. The summed E-state index contributed by atoms with van der Waals surface area (Å²) in [5, 5.41) is 10.8. The summed E-state index contributed by atoms with van der Waals surface area (Å²) >= 11 is 0. The molecule has 0 spiro atoms. The number of ether oxygens (including phenoxy) is 1. The van der Waals surface area contributed by atoms with Gasteiger partial charge in [-0.2, -0.15) is 0 Å². The fourth-order valence-corrected chi connectivity index (χ4v) is 4.09. The lowest BCUT2D eigenvalue weighted by molar-refractivity contribution is 0.0786. The fraction of sp³-hybridized carbons (Fsp3) is 0.192. The number of nitrogens with zero attached hydrogens (tertiary/aromatic N) is 1. The van der Waals surface area contributed by atoms with Gasteiger partial charge in [-0.05, 0) is 91.4 Å². The monoisotopic (exact) mass is 417 g/mol. The molecule has 0 unspecified atom stereocenters. The van der Waals surface area contributed by atoms with E-state index in [0.29, 0.717) is 22.6 Å². The molecule has 5 heteroatoms. The Bertz CT molecular complexity index is 1360. The van der Waals surface area contributed by atoms with Crippen molar-refractivity contribution in [2.24, 2.45) is 0 Å². The van der Waals surface area contributed by atoms with Crippen molar-refractivity contribution in [3.05, 3.63) is 88.6 Å².